The first-order valence-electron chi connectivity index (χ1n) is 13.8. The number of para-hydroxylation sites is 4. The molecule has 9 aromatic rings. The lowest BCUT2D eigenvalue weighted by molar-refractivity contribution is 0.662. The molecule has 0 saturated carbocycles. The Morgan fingerprint density at radius 2 is 1.07 bits per heavy atom. The second-order valence-electron chi connectivity index (χ2n) is 11.6. The standard InChI is InChI=1S/C35H23N5/c1-35(2)24-13-4-3-10-22(24)23-12-9-11-21(31(23)35)20-18-29-32-30(19-20)39-28-17-8-6-15-26(28)37-34(39)40(32)33-36-25-14-5-7-16-27(25)38(29)33/h3-19H,1-2H3. The maximum absolute atomic E-state index is 5.11. The van der Waals surface area contributed by atoms with Gasteiger partial charge in [-0.2, -0.15) is 0 Å². The maximum Gasteiger partial charge on any atom is 0.223 e. The average Bonchev–Trinajstić information content (AvgIpc) is 3.74. The van der Waals surface area contributed by atoms with Crippen molar-refractivity contribution < 1.29 is 0 Å². The predicted molar refractivity (Wildman–Crippen MR) is 162 cm³/mol. The SMILES string of the molecule is CC1(C)c2ccccc2-c2cccc(-c3cc4c5c(c3)n3c6ccccc6nc3n5c3nc5ccccc5n43)c21. The van der Waals surface area contributed by atoms with Crippen LogP contribution in [0, 0.1) is 0 Å². The first-order chi connectivity index (χ1) is 19.6. The summed E-state index contributed by atoms with van der Waals surface area (Å²) in [6, 6.07) is 37.2. The zero-order valence-electron chi connectivity index (χ0n) is 22.1. The molecule has 5 heteroatoms. The Morgan fingerprint density at radius 3 is 1.75 bits per heavy atom. The van der Waals surface area contributed by atoms with Gasteiger partial charge in [0.05, 0.1) is 33.1 Å². The summed E-state index contributed by atoms with van der Waals surface area (Å²) in [6.07, 6.45) is 0. The minimum absolute atomic E-state index is 0.104. The van der Waals surface area contributed by atoms with Crippen molar-refractivity contribution in [2.45, 2.75) is 19.3 Å². The smallest absolute Gasteiger partial charge is 0.223 e. The third kappa shape index (κ3) is 2.24. The minimum Gasteiger partial charge on any atom is -0.276 e. The molecule has 0 aliphatic heterocycles. The van der Waals surface area contributed by atoms with Crippen LogP contribution in [0.5, 0.6) is 0 Å². The van der Waals surface area contributed by atoms with Crippen molar-refractivity contribution in [1.82, 2.24) is 23.2 Å². The second kappa shape index (κ2) is 6.69. The van der Waals surface area contributed by atoms with Gasteiger partial charge in [-0.15, -0.1) is 0 Å². The van der Waals surface area contributed by atoms with E-state index in [-0.39, 0.29) is 5.41 Å². The summed E-state index contributed by atoms with van der Waals surface area (Å²) < 4.78 is 6.86. The molecule has 1 aliphatic carbocycles. The van der Waals surface area contributed by atoms with E-state index in [1.807, 2.05) is 0 Å². The number of hydrogen-bond donors (Lipinski definition) is 0. The van der Waals surface area contributed by atoms with Crippen molar-refractivity contribution in [3.8, 4) is 22.3 Å². The number of aromatic nitrogens is 5. The first kappa shape index (κ1) is 20.8. The van der Waals surface area contributed by atoms with Crippen LogP contribution in [0.4, 0.5) is 0 Å². The van der Waals surface area contributed by atoms with Crippen LogP contribution < -0.4 is 0 Å². The van der Waals surface area contributed by atoms with E-state index >= 15 is 0 Å². The second-order valence-corrected chi connectivity index (χ2v) is 11.6. The highest BCUT2D eigenvalue weighted by atomic mass is 15.3. The quantitative estimate of drug-likeness (QED) is 0.222. The lowest BCUT2D eigenvalue weighted by Gasteiger charge is -2.24. The molecule has 0 radical (unpaired) electrons. The largest absolute Gasteiger partial charge is 0.276 e. The highest BCUT2D eigenvalue weighted by Gasteiger charge is 2.37. The molecule has 5 nitrogen and oxygen atoms in total. The van der Waals surface area contributed by atoms with E-state index in [2.05, 4.69) is 130 Å². The Hall–Kier alpha value is -5.16. The molecule has 5 aromatic carbocycles. The molecule has 10 rings (SSSR count). The van der Waals surface area contributed by atoms with Gasteiger partial charge in [-0.1, -0.05) is 80.6 Å². The molecule has 1 aliphatic rings. The molecular formula is C35H23N5. The van der Waals surface area contributed by atoms with Crippen LogP contribution in [-0.2, 0) is 5.41 Å². The van der Waals surface area contributed by atoms with Crippen LogP contribution in [0.25, 0.3) is 72.4 Å². The molecule has 0 atom stereocenters. The van der Waals surface area contributed by atoms with Gasteiger partial charge in [0.25, 0.3) is 0 Å². The molecule has 40 heavy (non-hydrogen) atoms. The van der Waals surface area contributed by atoms with Gasteiger partial charge in [-0.05, 0) is 69.8 Å². The molecule has 0 amide bonds. The van der Waals surface area contributed by atoms with E-state index in [1.165, 1.54) is 33.4 Å². The van der Waals surface area contributed by atoms with Crippen LogP contribution in [0.2, 0.25) is 0 Å². The normalized spacial score (nSPS) is 14.4. The van der Waals surface area contributed by atoms with Crippen LogP contribution in [0.15, 0.2) is 103 Å². The fourth-order valence-corrected chi connectivity index (χ4v) is 7.51. The molecule has 188 valence electrons. The molecule has 0 N–H and O–H groups in total. The van der Waals surface area contributed by atoms with Crippen molar-refractivity contribution in [3.63, 3.8) is 0 Å². The Bertz CT molecular complexity index is 2400. The van der Waals surface area contributed by atoms with Gasteiger partial charge in [-0.25, -0.2) is 14.4 Å². The number of rotatable bonds is 1. The van der Waals surface area contributed by atoms with E-state index in [1.54, 1.807) is 0 Å². The van der Waals surface area contributed by atoms with Gasteiger partial charge >= 0.3 is 0 Å². The molecular weight excluding hydrogens is 490 g/mol. The van der Waals surface area contributed by atoms with E-state index in [9.17, 15) is 0 Å². The molecule has 0 spiro atoms. The summed E-state index contributed by atoms with van der Waals surface area (Å²) in [5, 5.41) is 0. The van der Waals surface area contributed by atoms with Crippen LogP contribution in [-0.4, -0.2) is 23.2 Å². The van der Waals surface area contributed by atoms with Gasteiger partial charge in [0.1, 0.15) is 5.52 Å². The number of hydrogen-bond acceptors (Lipinski definition) is 2. The van der Waals surface area contributed by atoms with Crippen molar-refractivity contribution in [1.29, 1.82) is 0 Å². The highest BCUT2D eigenvalue weighted by Crippen LogP contribution is 2.52. The van der Waals surface area contributed by atoms with Crippen molar-refractivity contribution in [2.75, 3.05) is 0 Å². The molecule has 0 bridgehead atoms. The van der Waals surface area contributed by atoms with Gasteiger partial charge in [0.2, 0.25) is 11.6 Å². The fourth-order valence-electron chi connectivity index (χ4n) is 7.51. The Morgan fingerprint density at radius 1 is 0.525 bits per heavy atom. The summed E-state index contributed by atoms with van der Waals surface area (Å²) in [5.41, 5.74) is 15.5. The zero-order chi connectivity index (χ0) is 26.3. The van der Waals surface area contributed by atoms with Crippen molar-refractivity contribution >= 4 is 50.2 Å². The predicted octanol–water partition coefficient (Wildman–Crippen LogP) is 8.11. The van der Waals surface area contributed by atoms with E-state index in [4.69, 9.17) is 9.97 Å². The monoisotopic (exact) mass is 513 g/mol. The van der Waals surface area contributed by atoms with E-state index in [0.29, 0.717) is 0 Å². The molecule has 0 unspecified atom stereocenters. The fraction of sp³-hybridized carbons (Fsp3) is 0.0857. The number of nitrogens with zero attached hydrogens (tertiary/aromatic N) is 5. The third-order valence-corrected chi connectivity index (χ3v) is 9.15. The summed E-state index contributed by atoms with van der Waals surface area (Å²) in [4.78, 5) is 10.2. The van der Waals surface area contributed by atoms with E-state index < -0.39 is 0 Å². The lowest BCUT2D eigenvalue weighted by atomic mass is 9.79. The zero-order valence-corrected chi connectivity index (χ0v) is 22.1. The summed E-state index contributed by atoms with van der Waals surface area (Å²) >= 11 is 0. The number of benzene rings is 5. The molecule has 0 fully saturated rings. The minimum atomic E-state index is -0.104. The number of fused-ring (bicyclic) bond motifs is 13. The van der Waals surface area contributed by atoms with E-state index in [0.717, 1.165) is 50.2 Å². The lowest BCUT2D eigenvalue weighted by Crippen LogP contribution is -2.16. The topological polar surface area (TPSA) is 39.0 Å². The summed E-state index contributed by atoms with van der Waals surface area (Å²) in [7, 11) is 0. The van der Waals surface area contributed by atoms with Crippen molar-refractivity contribution in [2.24, 2.45) is 0 Å². The van der Waals surface area contributed by atoms with Crippen molar-refractivity contribution in [3.05, 3.63) is 114 Å². The highest BCUT2D eigenvalue weighted by molar-refractivity contribution is 6.06. The Labute approximate surface area is 228 Å². The first-order valence-corrected chi connectivity index (χ1v) is 13.8. The van der Waals surface area contributed by atoms with Crippen LogP contribution >= 0.6 is 0 Å². The van der Waals surface area contributed by atoms with Gasteiger partial charge < -0.3 is 0 Å². The van der Waals surface area contributed by atoms with Crippen LogP contribution in [0.3, 0.4) is 0 Å². The van der Waals surface area contributed by atoms with Gasteiger partial charge in [-0.3, -0.25) is 8.80 Å². The Kier molecular flexibility index (Phi) is 3.47. The molecule has 0 saturated heterocycles. The Balaban J connectivity index is 1.42. The molecule has 4 heterocycles. The maximum atomic E-state index is 5.11. The third-order valence-electron chi connectivity index (χ3n) is 9.15. The summed E-state index contributed by atoms with van der Waals surface area (Å²) in [5.74, 6) is 1.80. The summed E-state index contributed by atoms with van der Waals surface area (Å²) in [6.45, 7) is 4.72. The van der Waals surface area contributed by atoms with Gasteiger partial charge in [0.15, 0.2) is 0 Å². The number of imidazole rings is 4. The molecule has 4 aromatic heterocycles. The van der Waals surface area contributed by atoms with Gasteiger partial charge in [0, 0.05) is 5.41 Å². The van der Waals surface area contributed by atoms with Crippen LogP contribution in [0.1, 0.15) is 25.0 Å². The average molecular weight is 514 g/mol.